The first-order chi connectivity index (χ1) is 14.7. The number of carbonyl (C=O) groups is 1. The fraction of sp³-hybridized carbons (Fsp3) is 0.125. The first kappa shape index (κ1) is 25.1. The Labute approximate surface area is 199 Å². The van der Waals surface area contributed by atoms with E-state index in [1.807, 2.05) is 54.6 Å². The number of nitrogens with two attached hydrogens (primary N) is 1. The van der Waals surface area contributed by atoms with Gasteiger partial charge in [0.15, 0.2) is 0 Å². The van der Waals surface area contributed by atoms with Gasteiger partial charge in [-0.25, -0.2) is 0 Å². The molecule has 0 saturated carbocycles. The summed E-state index contributed by atoms with van der Waals surface area (Å²) in [6, 6.07) is 17.4. The zero-order valence-corrected chi connectivity index (χ0v) is 19.1. The van der Waals surface area contributed by atoms with E-state index in [2.05, 4.69) is 15.3 Å². The van der Waals surface area contributed by atoms with Crippen molar-refractivity contribution in [3.8, 4) is 16.9 Å². The number of benzene rings is 2. The lowest BCUT2D eigenvalue weighted by Gasteiger charge is -2.10. The molecule has 0 fully saturated rings. The van der Waals surface area contributed by atoms with Gasteiger partial charge < -0.3 is 15.8 Å². The van der Waals surface area contributed by atoms with Gasteiger partial charge in [0, 0.05) is 30.1 Å². The molecule has 0 radical (unpaired) electrons. The van der Waals surface area contributed by atoms with Crippen LogP contribution in [0.1, 0.15) is 21.6 Å². The van der Waals surface area contributed by atoms with Gasteiger partial charge in [-0.05, 0) is 52.2 Å². The van der Waals surface area contributed by atoms with E-state index >= 15 is 0 Å². The van der Waals surface area contributed by atoms with E-state index in [-0.39, 0.29) is 30.7 Å². The van der Waals surface area contributed by atoms with E-state index in [0.717, 1.165) is 33.2 Å². The van der Waals surface area contributed by atoms with Crippen molar-refractivity contribution in [2.75, 3.05) is 7.11 Å². The molecule has 0 aliphatic rings. The SMILES string of the molecule is COc1cncc(-c2cccc3cc(C(=O)NCc4cc(CN)ccn4)ccc23)c1.Cl.Cl. The highest BCUT2D eigenvalue weighted by Crippen LogP contribution is 2.30. The molecule has 0 aliphatic carbocycles. The molecule has 0 atom stereocenters. The number of ether oxygens (including phenoxy) is 1. The number of methoxy groups -OCH3 is 1. The largest absolute Gasteiger partial charge is 0.495 e. The van der Waals surface area contributed by atoms with Gasteiger partial charge in [-0.15, -0.1) is 24.8 Å². The molecule has 2 aromatic carbocycles. The minimum Gasteiger partial charge on any atom is -0.495 e. The molecule has 4 rings (SSSR count). The van der Waals surface area contributed by atoms with Gasteiger partial charge >= 0.3 is 0 Å². The highest BCUT2D eigenvalue weighted by Gasteiger charge is 2.10. The Balaban J connectivity index is 0.00000181. The Kier molecular flexibility index (Phi) is 8.96. The van der Waals surface area contributed by atoms with Crippen LogP contribution in [0, 0.1) is 0 Å². The minimum atomic E-state index is -0.148. The van der Waals surface area contributed by atoms with E-state index < -0.39 is 0 Å². The molecule has 2 aromatic heterocycles. The summed E-state index contributed by atoms with van der Waals surface area (Å²) in [5.41, 5.74) is 10.0. The lowest BCUT2D eigenvalue weighted by atomic mass is 9.97. The van der Waals surface area contributed by atoms with Crippen LogP contribution < -0.4 is 15.8 Å². The third-order valence-electron chi connectivity index (χ3n) is 4.95. The van der Waals surface area contributed by atoms with E-state index in [4.69, 9.17) is 10.5 Å². The number of carbonyl (C=O) groups excluding carboxylic acids is 1. The Morgan fingerprint density at radius 1 is 1.06 bits per heavy atom. The lowest BCUT2D eigenvalue weighted by molar-refractivity contribution is 0.0950. The van der Waals surface area contributed by atoms with E-state index in [9.17, 15) is 4.79 Å². The maximum absolute atomic E-state index is 12.7. The summed E-state index contributed by atoms with van der Waals surface area (Å²) in [5.74, 6) is 0.554. The van der Waals surface area contributed by atoms with Crippen LogP contribution in [0.15, 0.2) is 73.2 Å². The second kappa shape index (κ2) is 11.4. The number of aromatic nitrogens is 2. The number of fused-ring (bicyclic) bond motifs is 1. The predicted octanol–water partition coefficient (Wildman–Crippen LogP) is 4.54. The maximum Gasteiger partial charge on any atom is 0.251 e. The summed E-state index contributed by atoms with van der Waals surface area (Å²) in [6.45, 7) is 0.791. The van der Waals surface area contributed by atoms with E-state index in [1.54, 1.807) is 25.7 Å². The van der Waals surface area contributed by atoms with Gasteiger partial charge in [-0.3, -0.25) is 14.8 Å². The fourth-order valence-corrected chi connectivity index (χ4v) is 3.38. The second-order valence-corrected chi connectivity index (χ2v) is 6.90. The molecule has 0 aliphatic heterocycles. The number of rotatable bonds is 6. The quantitative estimate of drug-likeness (QED) is 0.431. The van der Waals surface area contributed by atoms with Crippen molar-refractivity contribution in [2.45, 2.75) is 13.1 Å². The molecule has 32 heavy (non-hydrogen) atoms. The predicted molar refractivity (Wildman–Crippen MR) is 132 cm³/mol. The molecule has 166 valence electrons. The molecule has 8 heteroatoms. The molecule has 0 saturated heterocycles. The average molecular weight is 471 g/mol. The van der Waals surface area contributed by atoms with Gasteiger partial charge in [-0.2, -0.15) is 0 Å². The van der Waals surface area contributed by atoms with Gasteiger partial charge in [0.1, 0.15) is 5.75 Å². The van der Waals surface area contributed by atoms with Crippen molar-refractivity contribution < 1.29 is 9.53 Å². The van der Waals surface area contributed by atoms with Crippen molar-refractivity contribution in [1.29, 1.82) is 0 Å². The number of amides is 1. The summed E-state index contributed by atoms with van der Waals surface area (Å²) in [6.07, 6.45) is 5.18. The van der Waals surface area contributed by atoms with Crippen LogP contribution in [-0.4, -0.2) is 23.0 Å². The summed E-state index contributed by atoms with van der Waals surface area (Å²) in [5, 5.41) is 4.94. The van der Waals surface area contributed by atoms with Crippen LogP contribution >= 0.6 is 24.8 Å². The standard InChI is InChI=1S/C24H22N4O2.2ClH/c1-30-21-11-19(13-26-15-21)22-4-2-3-17-10-18(5-6-23(17)22)24(29)28-14-20-9-16(12-25)7-8-27-20;;/h2-11,13,15H,12,14,25H2,1H3,(H,28,29);2*1H. The molecule has 6 nitrogen and oxygen atoms in total. The summed E-state index contributed by atoms with van der Waals surface area (Å²) in [4.78, 5) is 21.2. The summed E-state index contributed by atoms with van der Waals surface area (Å²) >= 11 is 0. The first-order valence-electron chi connectivity index (χ1n) is 9.62. The average Bonchev–Trinajstić information content (AvgIpc) is 2.81. The lowest BCUT2D eigenvalue weighted by Crippen LogP contribution is -2.23. The normalized spacial score (nSPS) is 10.1. The molecule has 4 aromatic rings. The third kappa shape index (κ3) is 5.53. The zero-order chi connectivity index (χ0) is 20.9. The van der Waals surface area contributed by atoms with Gasteiger partial charge in [0.05, 0.1) is 25.5 Å². The van der Waals surface area contributed by atoms with Crippen molar-refractivity contribution in [3.05, 3.63) is 90.0 Å². The van der Waals surface area contributed by atoms with E-state index in [1.165, 1.54) is 0 Å². The molecule has 1 amide bonds. The number of hydrogen-bond donors (Lipinski definition) is 2. The molecule has 0 unspecified atom stereocenters. The Hall–Kier alpha value is -3.19. The number of halogens is 2. The molecule has 0 bridgehead atoms. The third-order valence-corrected chi connectivity index (χ3v) is 4.95. The summed E-state index contributed by atoms with van der Waals surface area (Å²) in [7, 11) is 1.62. The fourth-order valence-electron chi connectivity index (χ4n) is 3.38. The molecular weight excluding hydrogens is 447 g/mol. The Morgan fingerprint density at radius 3 is 2.69 bits per heavy atom. The Morgan fingerprint density at radius 2 is 1.91 bits per heavy atom. The number of pyridine rings is 2. The van der Waals surface area contributed by atoms with Crippen molar-refractivity contribution in [2.24, 2.45) is 5.73 Å². The highest BCUT2D eigenvalue weighted by molar-refractivity contribution is 6.02. The molecule has 0 spiro atoms. The Bertz CT molecular complexity index is 1220. The van der Waals surface area contributed by atoms with Gasteiger partial charge in [0.25, 0.3) is 5.91 Å². The topological polar surface area (TPSA) is 90.1 Å². The van der Waals surface area contributed by atoms with Crippen LogP contribution in [0.25, 0.3) is 21.9 Å². The van der Waals surface area contributed by atoms with Crippen molar-refractivity contribution in [3.63, 3.8) is 0 Å². The molecule has 3 N–H and O–H groups in total. The van der Waals surface area contributed by atoms with E-state index in [0.29, 0.717) is 24.4 Å². The molecular formula is C24H24Cl2N4O2. The monoisotopic (exact) mass is 470 g/mol. The second-order valence-electron chi connectivity index (χ2n) is 6.90. The highest BCUT2D eigenvalue weighted by atomic mass is 35.5. The first-order valence-corrected chi connectivity index (χ1v) is 9.62. The van der Waals surface area contributed by atoms with Crippen molar-refractivity contribution in [1.82, 2.24) is 15.3 Å². The zero-order valence-electron chi connectivity index (χ0n) is 17.4. The summed E-state index contributed by atoms with van der Waals surface area (Å²) < 4.78 is 5.29. The molecule has 2 heterocycles. The van der Waals surface area contributed by atoms with Crippen LogP contribution in [0.5, 0.6) is 5.75 Å². The minimum absolute atomic E-state index is 0. The maximum atomic E-state index is 12.7. The smallest absolute Gasteiger partial charge is 0.251 e. The van der Waals surface area contributed by atoms with Gasteiger partial charge in [0.2, 0.25) is 0 Å². The number of nitrogens with one attached hydrogen (secondary N) is 1. The van der Waals surface area contributed by atoms with Crippen LogP contribution in [0.2, 0.25) is 0 Å². The van der Waals surface area contributed by atoms with Gasteiger partial charge in [-0.1, -0.05) is 24.3 Å². The van der Waals surface area contributed by atoms with Crippen LogP contribution in [0.3, 0.4) is 0 Å². The van der Waals surface area contributed by atoms with Crippen LogP contribution in [0.4, 0.5) is 0 Å². The van der Waals surface area contributed by atoms with Crippen molar-refractivity contribution >= 4 is 41.5 Å². The number of nitrogens with zero attached hydrogens (tertiary/aromatic N) is 2. The van der Waals surface area contributed by atoms with Crippen LogP contribution in [-0.2, 0) is 13.1 Å². The number of hydrogen-bond acceptors (Lipinski definition) is 5.